The van der Waals surface area contributed by atoms with Crippen molar-refractivity contribution >= 4 is 16.8 Å². The number of hydrogen-bond acceptors (Lipinski definition) is 0. The van der Waals surface area contributed by atoms with Crippen molar-refractivity contribution in [2.75, 3.05) is 0 Å². The molecule has 2 aromatic rings. The summed E-state index contributed by atoms with van der Waals surface area (Å²) >= 11 is 0. The van der Waals surface area contributed by atoms with Crippen LogP contribution < -0.4 is 0 Å². The molecule has 0 nitrogen and oxygen atoms in total. The van der Waals surface area contributed by atoms with Crippen LogP contribution in [-0.4, -0.2) is 0 Å². The third kappa shape index (κ3) is 2.47. The van der Waals surface area contributed by atoms with Crippen molar-refractivity contribution in [1.82, 2.24) is 0 Å². The first-order valence-corrected chi connectivity index (χ1v) is 6.01. The molecule has 0 aliphatic rings. The first kappa shape index (κ1) is 11.7. The number of rotatable bonds is 3. The zero-order chi connectivity index (χ0) is 12.3. The molecule has 0 bridgehead atoms. The minimum Gasteiger partial charge on any atom is -0.0985 e. The molecule has 0 saturated carbocycles. The molecule has 0 fully saturated rings. The highest BCUT2D eigenvalue weighted by Crippen LogP contribution is 2.23. The number of hydrogen-bond donors (Lipinski definition) is 0. The summed E-state index contributed by atoms with van der Waals surface area (Å²) in [5, 5.41) is 2.60. The molecule has 0 saturated heterocycles. The number of benzene rings is 2. The van der Waals surface area contributed by atoms with Gasteiger partial charge in [0, 0.05) is 0 Å². The summed E-state index contributed by atoms with van der Waals surface area (Å²) in [6.07, 6.45) is 7.19. The average Bonchev–Trinajstić information content (AvgIpc) is 2.35. The number of aryl methyl sites for hydroxylation is 1. The van der Waals surface area contributed by atoms with E-state index in [4.69, 9.17) is 0 Å². The number of allylic oxidation sites excluding steroid dienone is 2. The Balaban J connectivity index is 2.59. The maximum absolute atomic E-state index is 3.90. The minimum absolute atomic E-state index is 0.974. The Morgan fingerprint density at radius 2 is 1.94 bits per heavy atom. The topological polar surface area (TPSA) is 0 Å². The predicted octanol–water partition coefficient (Wildman–Crippen LogP) is 4.91. The molecule has 17 heavy (non-hydrogen) atoms. The smallest absolute Gasteiger partial charge is 0.00914 e. The fourth-order valence-electron chi connectivity index (χ4n) is 2.09. The fourth-order valence-corrected chi connectivity index (χ4v) is 2.09. The molecular formula is C17H18. The fraction of sp³-hybridized carbons (Fsp3) is 0.176. The standard InChI is InChI=1S/C17H18/c1-4-6-7-15-12-16-9-8-13(3)10-17(16)11-14(15)5-2/h4-6,8-12H,2,7H2,1,3H3. The van der Waals surface area contributed by atoms with Crippen molar-refractivity contribution in [2.45, 2.75) is 20.3 Å². The summed E-state index contributed by atoms with van der Waals surface area (Å²) in [5.74, 6) is 0. The Morgan fingerprint density at radius 3 is 2.65 bits per heavy atom. The molecule has 0 amide bonds. The second-order valence-corrected chi connectivity index (χ2v) is 4.38. The highest BCUT2D eigenvalue weighted by atomic mass is 14.1. The molecule has 0 spiro atoms. The molecule has 0 heterocycles. The van der Waals surface area contributed by atoms with Crippen LogP contribution in [0, 0.1) is 6.92 Å². The van der Waals surface area contributed by atoms with Gasteiger partial charge in [-0.15, -0.1) is 0 Å². The summed E-state index contributed by atoms with van der Waals surface area (Å²) in [4.78, 5) is 0. The Bertz CT molecular complexity index is 574. The minimum atomic E-state index is 0.974. The van der Waals surface area contributed by atoms with Crippen LogP contribution in [0.25, 0.3) is 16.8 Å². The van der Waals surface area contributed by atoms with Crippen LogP contribution in [0.5, 0.6) is 0 Å². The third-order valence-electron chi connectivity index (χ3n) is 3.05. The van der Waals surface area contributed by atoms with Gasteiger partial charge in [-0.2, -0.15) is 0 Å². The van der Waals surface area contributed by atoms with Crippen LogP contribution in [0.4, 0.5) is 0 Å². The van der Waals surface area contributed by atoms with Gasteiger partial charge in [-0.1, -0.05) is 54.6 Å². The molecule has 86 valence electrons. The third-order valence-corrected chi connectivity index (χ3v) is 3.05. The molecule has 0 radical (unpaired) electrons. The first-order chi connectivity index (χ1) is 8.24. The van der Waals surface area contributed by atoms with E-state index in [9.17, 15) is 0 Å². The van der Waals surface area contributed by atoms with Crippen molar-refractivity contribution < 1.29 is 0 Å². The van der Waals surface area contributed by atoms with Crippen LogP contribution in [-0.2, 0) is 6.42 Å². The van der Waals surface area contributed by atoms with Crippen LogP contribution in [0.3, 0.4) is 0 Å². The second-order valence-electron chi connectivity index (χ2n) is 4.38. The van der Waals surface area contributed by atoms with Crippen LogP contribution >= 0.6 is 0 Å². The zero-order valence-corrected chi connectivity index (χ0v) is 10.5. The maximum atomic E-state index is 3.90. The van der Waals surface area contributed by atoms with E-state index in [0.717, 1.165) is 6.42 Å². The first-order valence-electron chi connectivity index (χ1n) is 6.01. The molecular weight excluding hydrogens is 204 g/mol. The Morgan fingerprint density at radius 1 is 1.12 bits per heavy atom. The SMILES string of the molecule is C=Cc1cc2cc(C)ccc2cc1CC=CC. The van der Waals surface area contributed by atoms with Crippen LogP contribution in [0.15, 0.2) is 49.1 Å². The molecule has 2 aromatic carbocycles. The lowest BCUT2D eigenvalue weighted by molar-refractivity contribution is 1.26. The lowest BCUT2D eigenvalue weighted by Crippen LogP contribution is -1.88. The van der Waals surface area contributed by atoms with Gasteiger partial charge in [0.25, 0.3) is 0 Å². The van der Waals surface area contributed by atoms with Crippen molar-refractivity contribution in [3.63, 3.8) is 0 Å². The van der Waals surface area contributed by atoms with Gasteiger partial charge in [0.05, 0.1) is 0 Å². The van der Waals surface area contributed by atoms with E-state index < -0.39 is 0 Å². The summed E-state index contributed by atoms with van der Waals surface area (Å²) in [5.41, 5.74) is 3.88. The molecule has 0 aliphatic carbocycles. The van der Waals surface area contributed by atoms with Crippen molar-refractivity contribution in [1.29, 1.82) is 0 Å². The average molecular weight is 222 g/mol. The predicted molar refractivity (Wildman–Crippen MR) is 77.3 cm³/mol. The van der Waals surface area contributed by atoms with E-state index in [2.05, 4.69) is 62.9 Å². The highest BCUT2D eigenvalue weighted by Gasteiger charge is 2.01. The molecule has 2 rings (SSSR count). The van der Waals surface area contributed by atoms with E-state index in [0.29, 0.717) is 0 Å². The van der Waals surface area contributed by atoms with Crippen molar-refractivity contribution in [3.8, 4) is 0 Å². The summed E-state index contributed by atoms with van der Waals surface area (Å²) < 4.78 is 0. The normalized spacial score (nSPS) is 11.2. The summed E-state index contributed by atoms with van der Waals surface area (Å²) in [7, 11) is 0. The summed E-state index contributed by atoms with van der Waals surface area (Å²) in [6, 6.07) is 11.1. The number of fused-ring (bicyclic) bond motifs is 1. The van der Waals surface area contributed by atoms with Gasteiger partial charge in [0.2, 0.25) is 0 Å². The van der Waals surface area contributed by atoms with Crippen LogP contribution in [0.1, 0.15) is 23.6 Å². The molecule has 0 unspecified atom stereocenters. The van der Waals surface area contributed by atoms with Gasteiger partial charge in [-0.3, -0.25) is 0 Å². The van der Waals surface area contributed by atoms with Crippen molar-refractivity contribution in [3.05, 3.63) is 65.8 Å². The molecule has 0 atom stereocenters. The Hall–Kier alpha value is -1.82. The Labute approximate surface area is 103 Å². The lowest BCUT2D eigenvalue weighted by Gasteiger charge is -2.07. The molecule has 0 heteroatoms. The van der Waals surface area contributed by atoms with Gasteiger partial charge >= 0.3 is 0 Å². The van der Waals surface area contributed by atoms with E-state index in [1.807, 2.05) is 6.08 Å². The van der Waals surface area contributed by atoms with E-state index in [-0.39, 0.29) is 0 Å². The zero-order valence-electron chi connectivity index (χ0n) is 10.5. The monoisotopic (exact) mass is 222 g/mol. The molecule has 0 N–H and O–H groups in total. The van der Waals surface area contributed by atoms with E-state index >= 15 is 0 Å². The highest BCUT2D eigenvalue weighted by molar-refractivity contribution is 5.86. The van der Waals surface area contributed by atoms with E-state index in [1.54, 1.807) is 0 Å². The Kier molecular flexibility index (Phi) is 3.43. The van der Waals surface area contributed by atoms with E-state index in [1.165, 1.54) is 27.5 Å². The summed E-state index contributed by atoms with van der Waals surface area (Å²) in [6.45, 7) is 8.08. The molecule has 0 aliphatic heterocycles. The quantitative estimate of drug-likeness (QED) is 0.647. The maximum Gasteiger partial charge on any atom is -0.00914 e. The largest absolute Gasteiger partial charge is 0.0985 e. The van der Waals surface area contributed by atoms with Crippen LogP contribution in [0.2, 0.25) is 0 Å². The van der Waals surface area contributed by atoms with Gasteiger partial charge in [0.15, 0.2) is 0 Å². The van der Waals surface area contributed by atoms with Gasteiger partial charge in [0.1, 0.15) is 0 Å². The van der Waals surface area contributed by atoms with Gasteiger partial charge < -0.3 is 0 Å². The second kappa shape index (κ2) is 5.01. The lowest BCUT2D eigenvalue weighted by atomic mass is 9.97. The van der Waals surface area contributed by atoms with Gasteiger partial charge in [-0.05, 0) is 48.2 Å². The molecule has 0 aromatic heterocycles. The van der Waals surface area contributed by atoms with Gasteiger partial charge in [-0.25, -0.2) is 0 Å². The van der Waals surface area contributed by atoms with Crippen molar-refractivity contribution in [2.24, 2.45) is 0 Å².